The van der Waals surface area contributed by atoms with Crippen molar-refractivity contribution >= 4 is 0 Å². The first-order chi connectivity index (χ1) is 8.20. The maximum absolute atomic E-state index is 5.63. The minimum Gasteiger partial charge on any atom is -0.467 e. The second kappa shape index (κ2) is 5.19. The maximum Gasteiger partial charge on any atom is 0.125 e. The van der Waals surface area contributed by atoms with E-state index < -0.39 is 0 Å². The van der Waals surface area contributed by atoms with E-state index in [1.165, 1.54) is 11.1 Å². The molecule has 2 heteroatoms. The van der Waals surface area contributed by atoms with Gasteiger partial charge in [-0.2, -0.15) is 0 Å². The van der Waals surface area contributed by atoms with Crippen LogP contribution in [0.1, 0.15) is 25.2 Å². The molecule has 90 valence electrons. The quantitative estimate of drug-likeness (QED) is 0.870. The number of furan rings is 1. The van der Waals surface area contributed by atoms with Gasteiger partial charge in [0.05, 0.1) is 12.8 Å². The van der Waals surface area contributed by atoms with Crippen molar-refractivity contribution in [1.29, 1.82) is 0 Å². The minimum absolute atomic E-state index is 0.441. The average Bonchev–Trinajstić information content (AvgIpc) is 2.77. The lowest BCUT2D eigenvalue weighted by Crippen LogP contribution is -1.96. The Morgan fingerprint density at radius 1 is 1.12 bits per heavy atom. The standard InChI is InChI=1S/C15H19NO/c1-11(2)9-12-3-5-13(6-4-12)14-7-8-17-15(14)10-16/h3-8,11H,9-10,16H2,1-2H3. The van der Waals surface area contributed by atoms with E-state index in [1.54, 1.807) is 6.26 Å². The summed E-state index contributed by atoms with van der Waals surface area (Å²) >= 11 is 0. The van der Waals surface area contributed by atoms with E-state index in [4.69, 9.17) is 10.2 Å². The van der Waals surface area contributed by atoms with E-state index in [2.05, 4.69) is 38.1 Å². The molecule has 1 aromatic carbocycles. The molecule has 0 atom stereocenters. The second-order valence-electron chi connectivity index (χ2n) is 4.76. The van der Waals surface area contributed by atoms with E-state index in [9.17, 15) is 0 Å². The third kappa shape index (κ3) is 2.77. The van der Waals surface area contributed by atoms with Gasteiger partial charge in [0, 0.05) is 5.56 Å². The first-order valence-electron chi connectivity index (χ1n) is 6.06. The third-order valence-corrected chi connectivity index (χ3v) is 2.84. The zero-order valence-electron chi connectivity index (χ0n) is 10.4. The highest BCUT2D eigenvalue weighted by molar-refractivity contribution is 5.65. The van der Waals surface area contributed by atoms with Crippen molar-refractivity contribution in [1.82, 2.24) is 0 Å². The largest absolute Gasteiger partial charge is 0.467 e. The summed E-state index contributed by atoms with van der Waals surface area (Å²) in [5, 5.41) is 0. The number of nitrogens with two attached hydrogens (primary N) is 1. The van der Waals surface area contributed by atoms with Crippen molar-refractivity contribution in [3.63, 3.8) is 0 Å². The van der Waals surface area contributed by atoms with Crippen LogP contribution in [-0.4, -0.2) is 0 Å². The summed E-state index contributed by atoms with van der Waals surface area (Å²) in [6.45, 7) is 4.91. The highest BCUT2D eigenvalue weighted by Gasteiger charge is 2.07. The lowest BCUT2D eigenvalue weighted by atomic mass is 9.99. The van der Waals surface area contributed by atoms with E-state index in [0.717, 1.165) is 17.7 Å². The molecule has 0 saturated heterocycles. The van der Waals surface area contributed by atoms with Crippen molar-refractivity contribution < 1.29 is 4.42 Å². The minimum atomic E-state index is 0.441. The van der Waals surface area contributed by atoms with Gasteiger partial charge >= 0.3 is 0 Å². The molecule has 2 nitrogen and oxygen atoms in total. The molecule has 0 bridgehead atoms. The fraction of sp³-hybridized carbons (Fsp3) is 0.333. The van der Waals surface area contributed by atoms with Gasteiger partial charge in [0.2, 0.25) is 0 Å². The Morgan fingerprint density at radius 3 is 2.41 bits per heavy atom. The fourth-order valence-electron chi connectivity index (χ4n) is 2.05. The smallest absolute Gasteiger partial charge is 0.125 e. The van der Waals surface area contributed by atoms with Crippen LogP contribution in [0.15, 0.2) is 41.0 Å². The van der Waals surface area contributed by atoms with Gasteiger partial charge in [-0.3, -0.25) is 0 Å². The molecule has 0 unspecified atom stereocenters. The lowest BCUT2D eigenvalue weighted by molar-refractivity contribution is 0.513. The van der Waals surface area contributed by atoms with Gasteiger partial charge < -0.3 is 10.2 Å². The van der Waals surface area contributed by atoms with Gasteiger partial charge in [0.1, 0.15) is 5.76 Å². The predicted molar refractivity (Wildman–Crippen MR) is 70.6 cm³/mol. The summed E-state index contributed by atoms with van der Waals surface area (Å²) in [6, 6.07) is 10.6. The van der Waals surface area contributed by atoms with Crippen LogP contribution < -0.4 is 5.73 Å². The van der Waals surface area contributed by atoms with E-state index in [-0.39, 0.29) is 0 Å². The van der Waals surface area contributed by atoms with Crippen molar-refractivity contribution in [2.24, 2.45) is 11.7 Å². The number of hydrogen-bond donors (Lipinski definition) is 1. The molecule has 0 saturated carbocycles. The summed E-state index contributed by atoms with van der Waals surface area (Å²) in [6.07, 6.45) is 2.81. The van der Waals surface area contributed by atoms with Gasteiger partial charge in [-0.25, -0.2) is 0 Å². The van der Waals surface area contributed by atoms with Crippen molar-refractivity contribution in [3.8, 4) is 11.1 Å². The molecule has 1 heterocycles. The zero-order valence-corrected chi connectivity index (χ0v) is 10.4. The summed E-state index contributed by atoms with van der Waals surface area (Å²) in [5.74, 6) is 1.54. The van der Waals surface area contributed by atoms with Gasteiger partial charge in [0.25, 0.3) is 0 Å². The first-order valence-corrected chi connectivity index (χ1v) is 6.06. The summed E-state index contributed by atoms with van der Waals surface area (Å²) in [4.78, 5) is 0. The van der Waals surface area contributed by atoms with Gasteiger partial charge in [0.15, 0.2) is 0 Å². The van der Waals surface area contributed by atoms with Crippen molar-refractivity contribution in [2.75, 3.05) is 0 Å². The normalized spacial score (nSPS) is 11.1. The highest BCUT2D eigenvalue weighted by Crippen LogP contribution is 2.25. The van der Waals surface area contributed by atoms with Crippen LogP contribution in [0.4, 0.5) is 0 Å². The third-order valence-electron chi connectivity index (χ3n) is 2.84. The van der Waals surface area contributed by atoms with E-state index >= 15 is 0 Å². The average molecular weight is 229 g/mol. The predicted octanol–water partition coefficient (Wildman–Crippen LogP) is 3.60. The van der Waals surface area contributed by atoms with Crippen molar-refractivity contribution in [2.45, 2.75) is 26.8 Å². The molecular formula is C15H19NO. The molecule has 0 aliphatic carbocycles. The maximum atomic E-state index is 5.63. The van der Waals surface area contributed by atoms with Crippen LogP contribution in [0, 0.1) is 5.92 Å². The Kier molecular flexibility index (Phi) is 3.64. The van der Waals surface area contributed by atoms with Gasteiger partial charge in [-0.05, 0) is 29.5 Å². The summed E-state index contributed by atoms with van der Waals surface area (Å²) in [7, 11) is 0. The Morgan fingerprint density at radius 2 is 1.82 bits per heavy atom. The summed E-state index contributed by atoms with van der Waals surface area (Å²) in [5.41, 5.74) is 9.28. The van der Waals surface area contributed by atoms with Gasteiger partial charge in [-0.15, -0.1) is 0 Å². The van der Waals surface area contributed by atoms with Crippen LogP contribution in [-0.2, 0) is 13.0 Å². The number of benzene rings is 1. The van der Waals surface area contributed by atoms with E-state index in [0.29, 0.717) is 12.5 Å². The van der Waals surface area contributed by atoms with Crippen LogP contribution in [0.5, 0.6) is 0 Å². The molecular weight excluding hydrogens is 210 g/mol. The molecule has 2 N–H and O–H groups in total. The topological polar surface area (TPSA) is 39.2 Å². The molecule has 0 fully saturated rings. The Hall–Kier alpha value is -1.54. The van der Waals surface area contributed by atoms with Crippen molar-refractivity contribution in [3.05, 3.63) is 47.9 Å². The molecule has 1 aromatic heterocycles. The molecule has 0 aliphatic heterocycles. The number of hydrogen-bond acceptors (Lipinski definition) is 2. The van der Waals surface area contributed by atoms with Gasteiger partial charge in [-0.1, -0.05) is 38.1 Å². The van der Waals surface area contributed by atoms with E-state index in [1.807, 2.05) is 6.07 Å². The highest BCUT2D eigenvalue weighted by atomic mass is 16.3. The molecule has 2 rings (SSSR count). The molecule has 0 amide bonds. The monoisotopic (exact) mass is 229 g/mol. The molecule has 2 aromatic rings. The second-order valence-corrected chi connectivity index (χ2v) is 4.76. The lowest BCUT2D eigenvalue weighted by Gasteiger charge is -2.06. The van der Waals surface area contributed by atoms with Crippen LogP contribution in [0.25, 0.3) is 11.1 Å². The Balaban J connectivity index is 2.23. The summed E-state index contributed by atoms with van der Waals surface area (Å²) < 4.78 is 5.34. The molecule has 0 aliphatic rings. The fourth-order valence-corrected chi connectivity index (χ4v) is 2.05. The molecule has 0 radical (unpaired) electrons. The number of rotatable bonds is 4. The SMILES string of the molecule is CC(C)Cc1ccc(-c2ccoc2CN)cc1. The Labute approximate surface area is 102 Å². The van der Waals surface area contributed by atoms with Crippen LogP contribution in [0.3, 0.4) is 0 Å². The Bertz CT molecular complexity index is 468. The molecule has 17 heavy (non-hydrogen) atoms. The van der Waals surface area contributed by atoms with Crippen LogP contribution in [0.2, 0.25) is 0 Å². The molecule has 0 spiro atoms. The zero-order chi connectivity index (χ0) is 12.3. The van der Waals surface area contributed by atoms with Crippen LogP contribution >= 0.6 is 0 Å². The first kappa shape index (κ1) is 11.9.